The van der Waals surface area contributed by atoms with Crippen molar-refractivity contribution in [1.82, 2.24) is 10.2 Å². The molecule has 0 saturated heterocycles. The molecule has 0 fully saturated rings. The Bertz CT molecular complexity index is 283. The van der Waals surface area contributed by atoms with Crippen LogP contribution in [0.3, 0.4) is 0 Å². The number of aliphatic carboxylic acids is 1. The zero-order valence-corrected chi connectivity index (χ0v) is 10.5. The zero-order chi connectivity index (χ0) is 14.0. The first kappa shape index (κ1) is 16.4. The Labute approximate surface area is 106 Å². The number of ether oxygens (including phenoxy) is 1. The van der Waals surface area contributed by atoms with Crippen molar-refractivity contribution in [3.05, 3.63) is 12.7 Å². The van der Waals surface area contributed by atoms with Crippen molar-refractivity contribution >= 4 is 12.0 Å². The van der Waals surface area contributed by atoms with Crippen LogP contribution in [-0.2, 0) is 9.53 Å². The number of carboxylic acid groups (broad SMARTS) is 1. The van der Waals surface area contributed by atoms with Gasteiger partial charge in [-0.1, -0.05) is 6.08 Å². The molecular weight excluding hydrogens is 240 g/mol. The van der Waals surface area contributed by atoms with E-state index in [0.717, 1.165) is 0 Å². The van der Waals surface area contributed by atoms with Gasteiger partial charge in [0, 0.05) is 33.2 Å². The van der Waals surface area contributed by atoms with Crippen molar-refractivity contribution < 1.29 is 24.5 Å². The van der Waals surface area contributed by atoms with E-state index in [-0.39, 0.29) is 13.0 Å². The van der Waals surface area contributed by atoms with Gasteiger partial charge in [-0.2, -0.15) is 0 Å². The summed E-state index contributed by atoms with van der Waals surface area (Å²) >= 11 is 0. The summed E-state index contributed by atoms with van der Waals surface area (Å²) in [7, 11) is 1.51. The second-order valence-electron chi connectivity index (χ2n) is 3.58. The SMILES string of the molecule is C=CCN(CCOC)C(=O)N[C@@H](CCO)C(=O)O. The summed E-state index contributed by atoms with van der Waals surface area (Å²) in [4.78, 5) is 24.0. The van der Waals surface area contributed by atoms with Crippen LogP contribution in [0.4, 0.5) is 4.79 Å². The lowest BCUT2D eigenvalue weighted by Gasteiger charge is -2.23. The molecule has 0 aromatic rings. The lowest BCUT2D eigenvalue weighted by Crippen LogP contribution is -2.49. The molecule has 104 valence electrons. The Hall–Kier alpha value is -1.60. The molecule has 7 heteroatoms. The summed E-state index contributed by atoms with van der Waals surface area (Å²) in [5.74, 6) is -1.18. The molecule has 0 aromatic carbocycles. The molecule has 0 heterocycles. The van der Waals surface area contributed by atoms with Gasteiger partial charge in [0.2, 0.25) is 0 Å². The quantitative estimate of drug-likeness (QED) is 0.493. The molecular formula is C11H20N2O5. The molecule has 0 saturated carbocycles. The predicted molar refractivity (Wildman–Crippen MR) is 65.3 cm³/mol. The second-order valence-corrected chi connectivity index (χ2v) is 3.58. The first-order valence-corrected chi connectivity index (χ1v) is 5.55. The van der Waals surface area contributed by atoms with Gasteiger partial charge in [-0.05, 0) is 0 Å². The van der Waals surface area contributed by atoms with Gasteiger partial charge >= 0.3 is 12.0 Å². The fraction of sp³-hybridized carbons (Fsp3) is 0.636. The standard InChI is InChI=1S/C11H20N2O5/c1-3-5-13(6-8-18-2)11(17)12-9(4-7-14)10(15)16/h3,9,14H,1,4-8H2,2H3,(H,12,17)(H,15,16)/t9-/m0/s1. The lowest BCUT2D eigenvalue weighted by atomic mass is 10.2. The van der Waals surface area contributed by atoms with Crippen molar-refractivity contribution in [2.45, 2.75) is 12.5 Å². The summed E-state index contributed by atoms with van der Waals surface area (Å²) in [6.07, 6.45) is 1.50. The summed E-state index contributed by atoms with van der Waals surface area (Å²) in [5.41, 5.74) is 0. The maximum absolute atomic E-state index is 11.8. The predicted octanol–water partition coefficient (Wildman–Crippen LogP) is -0.334. The molecule has 0 aliphatic rings. The van der Waals surface area contributed by atoms with Gasteiger partial charge in [0.05, 0.1) is 6.61 Å². The number of carbonyl (C=O) groups excluding carboxylic acids is 1. The summed E-state index contributed by atoms with van der Waals surface area (Å²) in [6.45, 7) is 4.19. The van der Waals surface area contributed by atoms with Crippen LogP contribution in [0.25, 0.3) is 0 Å². The maximum atomic E-state index is 11.8. The molecule has 0 unspecified atom stereocenters. The summed E-state index contributed by atoms with van der Waals surface area (Å²) in [5, 5.41) is 19.9. The highest BCUT2D eigenvalue weighted by Gasteiger charge is 2.21. The van der Waals surface area contributed by atoms with Gasteiger partial charge in [-0.3, -0.25) is 0 Å². The average Bonchev–Trinajstić information content (AvgIpc) is 2.33. The Morgan fingerprint density at radius 3 is 2.67 bits per heavy atom. The number of amides is 2. The third-order valence-electron chi connectivity index (χ3n) is 2.22. The van der Waals surface area contributed by atoms with Gasteiger partial charge < -0.3 is 25.2 Å². The first-order valence-electron chi connectivity index (χ1n) is 5.55. The minimum Gasteiger partial charge on any atom is -0.480 e. The Morgan fingerprint density at radius 2 is 2.22 bits per heavy atom. The van der Waals surface area contributed by atoms with Gasteiger partial charge in [-0.15, -0.1) is 6.58 Å². The molecule has 18 heavy (non-hydrogen) atoms. The molecule has 7 nitrogen and oxygen atoms in total. The average molecular weight is 260 g/mol. The van der Waals surface area contributed by atoms with E-state index in [1.165, 1.54) is 18.1 Å². The maximum Gasteiger partial charge on any atom is 0.326 e. The summed E-state index contributed by atoms with van der Waals surface area (Å²) < 4.78 is 4.86. The van der Waals surface area contributed by atoms with Crippen LogP contribution in [0.2, 0.25) is 0 Å². The number of nitrogens with one attached hydrogen (secondary N) is 1. The number of hydrogen-bond acceptors (Lipinski definition) is 4. The van der Waals surface area contributed by atoms with Crippen molar-refractivity contribution in [2.24, 2.45) is 0 Å². The Kier molecular flexibility index (Phi) is 8.59. The zero-order valence-electron chi connectivity index (χ0n) is 10.5. The van der Waals surface area contributed by atoms with Crippen molar-refractivity contribution in [2.75, 3.05) is 33.4 Å². The number of aliphatic hydroxyl groups is 1. The van der Waals surface area contributed by atoms with Crippen LogP contribution in [0, 0.1) is 0 Å². The number of nitrogens with zero attached hydrogens (tertiary/aromatic N) is 1. The normalized spacial score (nSPS) is 11.7. The van der Waals surface area contributed by atoms with E-state index < -0.39 is 18.0 Å². The van der Waals surface area contributed by atoms with Gasteiger partial charge in [0.15, 0.2) is 0 Å². The lowest BCUT2D eigenvalue weighted by molar-refractivity contribution is -0.139. The van der Waals surface area contributed by atoms with E-state index in [2.05, 4.69) is 11.9 Å². The van der Waals surface area contributed by atoms with Gasteiger partial charge in [0.25, 0.3) is 0 Å². The molecule has 0 spiro atoms. The minimum atomic E-state index is -1.18. The van der Waals surface area contributed by atoms with Crippen LogP contribution in [0.1, 0.15) is 6.42 Å². The number of carboxylic acids is 1. The highest BCUT2D eigenvalue weighted by molar-refractivity contribution is 5.82. The van der Waals surface area contributed by atoms with Crippen LogP contribution in [0.15, 0.2) is 12.7 Å². The molecule has 2 amide bonds. The van der Waals surface area contributed by atoms with Crippen LogP contribution in [0.5, 0.6) is 0 Å². The van der Waals surface area contributed by atoms with E-state index in [1.807, 2.05) is 0 Å². The van der Waals surface area contributed by atoms with Crippen molar-refractivity contribution in [3.63, 3.8) is 0 Å². The number of carbonyl (C=O) groups is 2. The monoisotopic (exact) mass is 260 g/mol. The van der Waals surface area contributed by atoms with Crippen LogP contribution >= 0.6 is 0 Å². The van der Waals surface area contributed by atoms with Crippen molar-refractivity contribution in [3.8, 4) is 0 Å². The number of rotatable bonds is 9. The number of methoxy groups -OCH3 is 1. The highest BCUT2D eigenvalue weighted by Crippen LogP contribution is 1.96. The largest absolute Gasteiger partial charge is 0.480 e. The molecule has 0 radical (unpaired) electrons. The topological polar surface area (TPSA) is 99.1 Å². The second kappa shape index (κ2) is 9.43. The van der Waals surface area contributed by atoms with Crippen molar-refractivity contribution in [1.29, 1.82) is 0 Å². The van der Waals surface area contributed by atoms with E-state index in [1.54, 1.807) is 0 Å². The first-order chi connectivity index (χ1) is 8.56. The molecule has 0 bridgehead atoms. The molecule has 3 N–H and O–H groups in total. The Morgan fingerprint density at radius 1 is 1.56 bits per heavy atom. The molecule has 0 aliphatic heterocycles. The van der Waals surface area contributed by atoms with Gasteiger partial charge in [0.1, 0.15) is 6.04 Å². The fourth-order valence-corrected chi connectivity index (χ4v) is 1.26. The third-order valence-corrected chi connectivity index (χ3v) is 2.22. The smallest absolute Gasteiger partial charge is 0.326 e. The number of urea groups is 1. The molecule has 0 aromatic heterocycles. The van der Waals surface area contributed by atoms with Crippen LogP contribution < -0.4 is 5.32 Å². The molecule has 1 atom stereocenters. The van der Waals surface area contributed by atoms with E-state index >= 15 is 0 Å². The summed E-state index contributed by atoms with van der Waals surface area (Å²) in [6, 6.07) is -1.62. The Balaban J connectivity index is 4.44. The molecule has 0 aliphatic carbocycles. The minimum absolute atomic E-state index is 0.0344. The van der Waals surface area contributed by atoms with E-state index in [4.69, 9.17) is 14.9 Å². The number of aliphatic hydroxyl groups excluding tert-OH is 1. The molecule has 0 rings (SSSR count). The highest BCUT2D eigenvalue weighted by atomic mass is 16.5. The van der Waals surface area contributed by atoms with Gasteiger partial charge in [-0.25, -0.2) is 9.59 Å². The van der Waals surface area contributed by atoms with Crippen LogP contribution in [-0.4, -0.2) is 66.6 Å². The fourth-order valence-electron chi connectivity index (χ4n) is 1.26. The van der Waals surface area contributed by atoms with E-state index in [9.17, 15) is 9.59 Å². The van der Waals surface area contributed by atoms with E-state index in [0.29, 0.717) is 19.7 Å². The third kappa shape index (κ3) is 6.21. The number of hydrogen-bond donors (Lipinski definition) is 3.